The summed E-state index contributed by atoms with van der Waals surface area (Å²) in [5.41, 5.74) is -3.03. The molecule has 0 aromatic rings. The minimum atomic E-state index is -1.56. The van der Waals surface area contributed by atoms with Crippen LogP contribution in [0.1, 0.15) is 20.3 Å². The van der Waals surface area contributed by atoms with Gasteiger partial charge in [0.2, 0.25) is 5.91 Å². The molecule has 0 aliphatic carbocycles. The Morgan fingerprint density at radius 1 is 1.74 bits per heavy atom. The van der Waals surface area contributed by atoms with Crippen molar-refractivity contribution in [3.05, 3.63) is 12.7 Å². The number of methoxy groups -OCH3 is 1. The smallest absolute Gasteiger partial charge is 0.337 e. The van der Waals surface area contributed by atoms with Crippen molar-refractivity contribution in [2.24, 2.45) is 5.92 Å². The fraction of sp³-hybridized carbons (Fsp3) is 0.692. The average Bonchev–Trinajstić information content (AvgIpc) is 2.79. The van der Waals surface area contributed by atoms with Crippen molar-refractivity contribution >= 4 is 11.9 Å². The minimum absolute atomic E-state index is 0.0623. The number of aliphatic hydroxyl groups is 1. The number of amides is 1. The van der Waals surface area contributed by atoms with Gasteiger partial charge in [0.1, 0.15) is 11.8 Å². The standard InChI is InChI=1S/C13H19NO5/c1-5-6-9-10(15)14-8(2)19-7-13(14,11(16)18-4)12(9,3)17/h5,8-9,17H,1,6-7H2,2-4H3/t8-,9?,12?,13+/m0/s1. The Labute approximate surface area is 112 Å². The lowest BCUT2D eigenvalue weighted by Crippen LogP contribution is -2.63. The van der Waals surface area contributed by atoms with Crippen LogP contribution < -0.4 is 0 Å². The maximum Gasteiger partial charge on any atom is 0.337 e. The molecule has 2 unspecified atom stereocenters. The second-order valence-electron chi connectivity index (χ2n) is 5.19. The van der Waals surface area contributed by atoms with Gasteiger partial charge in [-0.1, -0.05) is 6.08 Å². The van der Waals surface area contributed by atoms with E-state index in [1.165, 1.54) is 18.9 Å². The molecule has 0 saturated carbocycles. The van der Waals surface area contributed by atoms with Crippen molar-refractivity contribution in [1.29, 1.82) is 0 Å². The predicted molar refractivity (Wildman–Crippen MR) is 65.9 cm³/mol. The molecule has 106 valence electrons. The number of fused-ring (bicyclic) bond motifs is 1. The number of rotatable bonds is 3. The van der Waals surface area contributed by atoms with Gasteiger partial charge in [-0.2, -0.15) is 0 Å². The first kappa shape index (κ1) is 14.0. The van der Waals surface area contributed by atoms with Gasteiger partial charge in [0, 0.05) is 0 Å². The van der Waals surface area contributed by atoms with Gasteiger partial charge in [0.15, 0.2) is 5.54 Å². The zero-order valence-electron chi connectivity index (χ0n) is 11.4. The molecule has 4 atom stereocenters. The third-order valence-corrected chi connectivity index (χ3v) is 4.29. The lowest BCUT2D eigenvalue weighted by molar-refractivity contribution is -0.166. The van der Waals surface area contributed by atoms with E-state index in [-0.39, 0.29) is 12.5 Å². The van der Waals surface area contributed by atoms with Gasteiger partial charge in [-0.25, -0.2) is 4.79 Å². The zero-order valence-corrected chi connectivity index (χ0v) is 11.4. The second kappa shape index (κ2) is 4.31. The second-order valence-corrected chi connectivity index (χ2v) is 5.19. The van der Waals surface area contributed by atoms with E-state index < -0.39 is 29.3 Å². The van der Waals surface area contributed by atoms with Crippen LogP contribution in [0.5, 0.6) is 0 Å². The van der Waals surface area contributed by atoms with Gasteiger partial charge in [0.05, 0.1) is 19.6 Å². The summed E-state index contributed by atoms with van der Waals surface area (Å²) < 4.78 is 10.2. The molecule has 2 saturated heterocycles. The van der Waals surface area contributed by atoms with Crippen LogP contribution in [0.2, 0.25) is 0 Å². The number of hydrogen-bond donors (Lipinski definition) is 1. The molecule has 1 amide bonds. The summed E-state index contributed by atoms with van der Waals surface area (Å²) in [7, 11) is 1.24. The molecule has 2 aliphatic rings. The molecule has 1 N–H and O–H groups in total. The molecule has 0 radical (unpaired) electrons. The van der Waals surface area contributed by atoms with E-state index in [1.54, 1.807) is 13.0 Å². The van der Waals surface area contributed by atoms with E-state index in [4.69, 9.17) is 9.47 Å². The normalized spacial score (nSPS) is 41.3. The average molecular weight is 269 g/mol. The predicted octanol–water partition coefficient (Wildman–Crippen LogP) is 0.0599. The van der Waals surface area contributed by atoms with Crippen molar-refractivity contribution in [3.63, 3.8) is 0 Å². The number of esters is 1. The highest BCUT2D eigenvalue weighted by atomic mass is 16.6. The Kier molecular flexibility index (Phi) is 3.18. The van der Waals surface area contributed by atoms with Crippen LogP contribution in [-0.2, 0) is 19.1 Å². The van der Waals surface area contributed by atoms with E-state index in [2.05, 4.69) is 6.58 Å². The van der Waals surface area contributed by atoms with Gasteiger partial charge in [-0.05, 0) is 20.3 Å². The first-order valence-corrected chi connectivity index (χ1v) is 6.21. The van der Waals surface area contributed by atoms with Gasteiger partial charge in [0.25, 0.3) is 0 Å². The Morgan fingerprint density at radius 2 is 2.37 bits per heavy atom. The number of carbonyl (C=O) groups excluding carboxylic acids is 2. The SMILES string of the molecule is C=CCC1C(=O)N2[C@H](C)OC[C@@]2(C(=O)OC)C1(C)O. The monoisotopic (exact) mass is 269 g/mol. The van der Waals surface area contributed by atoms with E-state index >= 15 is 0 Å². The Morgan fingerprint density at radius 3 is 2.89 bits per heavy atom. The number of hydrogen-bond acceptors (Lipinski definition) is 5. The fourth-order valence-electron chi connectivity index (χ4n) is 3.18. The number of carbonyl (C=O) groups is 2. The molecule has 0 spiro atoms. The topological polar surface area (TPSA) is 76.1 Å². The number of nitrogens with zero attached hydrogens (tertiary/aromatic N) is 1. The summed E-state index contributed by atoms with van der Waals surface area (Å²) in [6.07, 6.45) is 1.30. The Hall–Kier alpha value is -1.40. The minimum Gasteiger partial charge on any atom is -0.467 e. The van der Waals surface area contributed by atoms with Crippen LogP contribution >= 0.6 is 0 Å². The first-order chi connectivity index (χ1) is 8.84. The maximum absolute atomic E-state index is 12.5. The molecule has 6 nitrogen and oxygen atoms in total. The highest BCUT2D eigenvalue weighted by molar-refractivity contribution is 5.96. The van der Waals surface area contributed by atoms with E-state index in [0.29, 0.717) is 6.42 Å². The van der Waals surface area contributed by atoms with Crippen molar-refractivity contribution in [1.82, 2.24) is 4.90 Å². The first-order valence-electron chi connectivity index (χ1n) is 6.21. The van der Waals surface area contributed by atoms with Crippen LogP contribution in [0.25, 0.3) is 0 Å². The molecule has 0 aromatic carbocycles. The highest BCUT2D eigenvalue weighted by Gasteiger charge is 2.73. The van der Waals surface area contributed by atoms with Crippen molar-refractivity contribution in [3.8, 4) is 0 Å². The Balaban J connectivity index is 2.56. The fourth-order valence-corrected chi connectivity index (χ4v) is 3.18. The summed E-state index contributed by atoms with van der Waals surface area (Å²) in [5.74, 6) is -1.67. The van der Waals surface area contributed by atoms with Gasteiger partial charge >= 0.3 is 5.97 Å². The maximum atomic E-state index is 12.5. The molecule has 2 rings (SSSR count). The molecule has 0 bridgehead atoms. The largest absolute Gasteiger partial charge is 0.467 e. The van der Waals surface area contributed by atoms with Crippen LogP contribution in [0, 0.1) is 5.92 Å². The van der Waals surface area contributed by atoms with Gasteiger partial charge in [-0.15, -0.1) is 6.58 Å². The summed E-state index contributed by atoms with van der Waals surface area (Å²) in [6.45, 7) is 6.69. The van der Waals surface area contributed by atoms with Gasteiger partial charge < -0.3 is 14.6 Å². The Bertz CT molecular complexity index is 433. The molecule has 2 fully saturated rings. The zero-order chi connectivity index (χ0) is 14.4. The third-order valence-electron chi connectivity index (χ3n) is 4.29. The molecule has 0 aromatic heterocycles. The summed E-state index contributed by atoms with van der Waals surface area (Å²) in [5, 5.41) is 10.8. The lowest BCUT2D eigenvalue weighted by atomic mass is 9.75. The molecule has 19 heavy (non-hydrogen) atoms. The van der Waals surface area contributed by atoms with Crippen LogP contribution in [0.15, 0.2) is 12.7 Å². The van der Waals surface area contributed by atoms with Crippen molar-refractivity contribution in [2.75, 3.05) is 13.7 Å². The van der Waals surface area contributed by atoms with Gasteiger partial charge in [-0.3, -0.25) is 9.69 Å². The summed E-state index contributed by atoms with van der Waals surface area (Å²) >= 11 is 0. The highest BCUT2D eigenvalue weighted by Crippen LogP contribution is 2.49. The molecule has 2 aliphatic heterocycles. The number of allylic oxidation sites excluding steroid dienone is 1. The van der Waals surface area contributed by atoms with Crippen LogP contribution in [-0.4, -0.2) is 53.0 Å². The summed E-state index contributed by atoms with van der Waals surface area (Å²) in [4.78, 5) is 26.0. The number of ether oxygens (including phenoxy) is 2. The molecule has 2 heterocycles. The molecular weight excluding hydrogens is 250 g/mol. The molecular formula is C13H19NO5. The summed E-state index contributed by atoms with van der Waals surface area (Å²) in [6, 6.07) is 0. The van der Waals surface area contributed by atoms with Crippen LogP contribution in [0.4, 0.5) is 0 Å². The van der Waals surface area contributed by atoms with Crippen molar-refractivity contribution < 1.29 is 24.2 Å². The molecule has 6 heteroatoms. The third kappa shape index (κ3) is 1.50. The van der Waals surface area contributed by atoms with E-state index in [9.17, 15) is 14.7 Å². The quantitative estimate of drug-likeness (QED) is 0.579. The lowest BCUT2D eigenvalue weighted by Gasteiger charge is -2.37. The van der Waals surface area contributed by atoms with E-state index in [1.807, 2.05) is 0 Å². The van der Waals surface area contributed by atoms with E-state index in [0.717, 1.165) is 0 Å². The van der Waals surface area contributed by atoms with Crippen LogP contribution in [0.3, 0.4) is 0 Å². The van der Waals surface area contributed by atoms with Crippen molar-refractivity contribution in [2.45, 2.75) is 37.6 Å².